The molecule has 0 spiro atoms. The summed E-state index contributed by atoms with van der Waals surface area (Å²) in [5, 5.41) is 14.2. The van der Waals surface area contributed by atoms with Gasteiger partial charge in [0.15, 0.2) is 0 Å². The highest BCUT2D eigenvalue weighted by atomic mass is 32.1. The van der Waals surface area contributed by atoms with Crippen molar-refractivity contribution >= 4 is 32.9 Å². The van der Waals surface area contributed by atoms with Crippen molar-refractivity contribution in [1.29, 1.82) is 0 Å². The van der Waals surface area contributed by atoms with E-state index >= 15 is 0 Å². The fraction of sp³-hybridized carbons (Fsp3) is 0.214. The van der Waals surface area contributed by atoms with Gasteiger partial charge in [0.05, 0.1) is 23.4 Å². The van der Waals surface area contributed by atoms with E-state index in [1.54, 1.807) is 10.8 Å². The molecular formula is C14H13N7OS. The third-order valence-electron chi connectivity index (χ3n) is 3.53. The second-order valence-corrected chi connectivity index (χ2v) is 6.19. The largest absolute Gasteiger partial charge is 0.364 e. The van der Waals surface area contributed by atoms with Gasteiger partial charge >= 0.3 is 0 Å². The highest BCUT2D eigenvalue weighted by molar-refractivity contribution is 7.17. The van der Waals surface area contributed by atoms with Crippen LogP contribution < -0.4 is 10.5 Å². The average molecular weight is 327 g/mol. The molecular weight excluding hydrogens is 314 g/mol. The molecule has 0 amide bonds. The molecule has 1 N–H and O–H groups in total. The highest BCUT2D eigenvalue weighted by Gasteiger charge is 2.13. The second kappa shape index (κ2) is 5.13. The summed E-state index contributed by atoms with van der Waals surface area (Å²) in [4.78, 5) is 21.4. The van der Waals surface area contributed by atoms with Crippen LogP contribution in [0.3, 0.4) is 0 Å². The summed E-state index contributed by atoms with van der Waals surface area (Å²) in [6.07, 6.45) is 1.57. The molecule has 0 aromatic carbocycles. The molecule has 0 saturated carbocycles. The molecule has 4 aromatic rings. The van der Waals surface area contributed by atoms with E-state index < -0.39 is 0 Å². The smallest absolute Gasteiger partial charge is 0.268 e. The maximum absolute atomic E-state index is 12.1. The lowest BCUT2D eigenvalue weighted by atomic mass is 10.3. The van der Waals surface area contributed by atoms with E-state index in [4.69, 9.17) is 0 Å². The van der Waals surface area contributed by atoms with Crippen LogP contribution in [-0.2, 0) is 6.54 Å². The lowest BCUT2D eigenvalue weighted by molar-refractivity contribution is 0.826. The van der Waals surface area contributed by atoms with E-state index in [9.17, 15) is 4.79 Å². The van der Waals surface area contributed by atoms with Crippen molar-refractivity contribution in [2.75, 3.05) is 11.9 Å². The minimum atomic E-state index is -0.105. The summed E-state index contributed by atoms with van der Waals surface area (Å²) in [6, 6.07) is 3.79. The molecule has 4 aromatic heterocycles. The minimum Gasteiger partial charge on any atom is -0.364 e. The predicted octanol–water partition coefficient (Wildman–Crippen LogP) is 1.37. The number of H-pyrrole nitrogens is 1. The third-order valence-corrected chi connectivity index (χ3v) is 4.44. The third kappa shape index (κ3) is 2.34. The maximum Gasteiger partial charge on any atom is 0.268 e. The van der Waals surface area contributed by atoms with Gasteiger partial charge in [0.25, 0.3) is 5.56 Å². The fourth-order valence-corrected chi connectivity index (χ4v) is 3.25. The molecule has 4 rings (SSSR count). The molecule has 0 fully saturated rings. The SMILES string of the molecule is Cc1cc(N(C)Cc2nc3ccsc3c(=O)[nH]2)c2nncn2n1. The standard InChI is InChI=1S/C14H13N7OS/c1-8-5-10(13-18-15-7-21(13)19-8)20(2)6-11-16-9-3-4-23-12(9)14(22)17-11/h3-5,7H,6H2,1-2H3,(H,16,17,22). The number of thiophene rings is 1. The van der Waals surface area contributed by atoms with E-state index in [-0.39, 0.29) is 5.56 Å². The Morgan fingerprint density at radius 1 is 1.43 bits per heavy atom. The van der Waals surface area contributed by atoms with Crippen molar-refractivity contribution in [3.8, 4) is 0 Å². The van der Waals surface area contributed by atoms with Crippen molar-refractivity contribution in [2.45, 2.75) is 13.5 Å². The molecule has 9 heteroatoms. The number of aromatic amines is 1. The van der Waals surface area contributed by atoms with Gasteiger partial charge in [-0.25, -0.2) is 4.98 Å². The molecule has 0 bridgehead atoms. The van der Waals surface area contributed by atoms with Crippen LogP contribution in [0, 0.1) is 6.92 Å². The number of hydrogen-bond donors (Lipinski definition) is 1. The highest BCUT2D eigenvalue weighted by Crippen LogP contribution is 2.20. The summed E-state index contributed by atoms with van der Waals surface area (Å²) in [6.45, 7) is 2.36. The average Bonchev–Trinajstić information content (AvgIpc) is 3.14. The van der Waals surface area contributed by atoms with E-state index in [1.165, 1.54) is 11.3 Å². The van der Waals surface area contributed by atoms with Crippen molar-refractivity contribution in [3.05, 3.63) is 45.7 Å². The fourth-order valence-electron chi connectivity index (χ4n) is 2.52. The molecule has 0 aliphatic carbocycles. The first-order chi connectivity index (χ1) is 11.1. The first-order valence-corrected chi connectivity index (χ1v) is 7.85. The van der Waals surface area contributed by atoms with Crippen molar-refractivity contribution in [1.82, 2.24) is 29.8 Å². The van der Waals surface area contributed by atoms with Crippen molar-refractivity contribution < 1.29 is 0 Å². The van der Waals surface area contributed by atoms with E-state index in [0.717, 1.165) is 16.9 Å². The quantitative estimate of drug-likeness (QED) is 0.611. The van der Waals surface area contributed by atoms with Crippen LogP contribution in [0.1, 0.15) is 11.5 Å². The Bertz CT molecular complexity index is 1060. The second-order valence-electron chi connectivity index (χ2n) is 5.27. The Balaban J connectivity index is 1.74. The molecule has 8 nitrogen and oxygen atoms in total. The van der Waals surface area contributed by atoms with Gasteiger partial charge in [-0.3, -0.25) is 4.79 Å². The number of fused-ring (bicyclic) bond motifs is 2. The summed E-state index contributed by atoms with van der Waals surface area (Å²) in [7, 11) is 1.92. The van der Waals surface area contributed by atoms with Crippen molar-refractivity contribution in [3.63, 3.8) is 0 Å². The normalized spacial score (nSPS) is 11.4. The molecule has 116 valence electrons. The number of nitrogens with one attached hydrogen (secondary N) is 1. The lowest BCUT2D eigenvalue weighted by Crippen LogP contribution is -2.22. The molecule has 23 heavy (non-hydrogen) atoms. The van der Waals surface area contributed by atoms with Crippen LogP contribution in [0.25, 0.3) is 15.9 Å². The Hall–Kier alpha value is -2.81. The number of aryl methyl sites for hydroxylation is 1. The Kier molecular flexibility index (Phi) is 3.08. The van der Waals surface area contributed by atoms with E-state index in [1.807, 2.05) is 36.4 Å². The van der Waals surface area contributed by atoms with Gasteiger partial charge in [0.1, 0.15) is 16.9 Å². The summed E-state index contributed by atoms with van der Waals surface area (Å²) >= 11 is 1.39. The Morgan fingerprint density at radius 3 is 3.17 bits per heavy atom. The van der Waals surface area contributed by atoms with Gasteiger partial charge in [-0.1, -0.05) is 0 Å². The van der Waals surface area contributed by atoms with Gasteiger partial charge in [0, 0.05) is 7.05 Å². The van der Waals surface area contributed by atoms with Gasteiger partial charge in [0.2, 0.25) is 5.65 Å². The number of rotatable bonds is 3. The van der Waals surface area contributed by atoms with E-state index in [0.29, 0.717) is 22.7 Å². The number of aromatic nitrogens is 6. The lowest BCUT2D eigenvalue weighted by Gasteiger charge is -2.19. The number of nitrogens with zero attached hydrogens (tertiary/aromatic N) is 6. The molecule has 0 saturated heterocycles. The van der Waals surface area contributed by atoms with Crippen LogP contribution >= 0.6 is 11.3 Å². The van der Waals surface area contributed by atoms with Crippen LogP contribution in [0.2, 0.25) is 0 Å². The topological polar surface area (TPSA) is 92.1 Å². The molecule has 0 atom stereocenters. The van der Waals surface area contributed by atoms with Gasteiger partial charge in [-0.15, -0.1) is 21.5 Å². The number of hydrogen-bond acceptors (Lipinski definition) is 7. The maximum atomic E-state index is 12.1. The zero-order chi connectivity index (χ0) is 16.0. The molecule has 0 radical (unpaired) electrons. The number of anilines is 1. The first kappa shape index (κ1) is 13.8. The zero-order valence-corrected chi connectivity index (χ0v) is 13.3. The van der Waals surface area contributed by atoms with Gasteiger partial charge < -0.3 is 9.88 Å². The van der Waals surface area contributed by atoms with Crippen LogP contribution in [0.4, 0.5) is 5.69 Å². The molecule has 4 heterocycles. The first-order valence-electron chi connectivity index (χ1n) is 6.97. The monoisotopic (exact) mass is 327 g/mol. The molecule has 0 aliphatic heterocycles. The van der Waals surface area contributed by atoms with Crippen molar-refractivity contribution in [2.24, 2.45) is 0 Å². The summed E-state index contributed by atoms with van der Waals surface area (Å²) < 4.78 is 2.29. The van der Waals surface area contributed by atoms with Gasteiger partial charge in [-0.05, 0) is 24.4 Å². The summed E-state index contributed by atoms with van der Waals surface area (Å²) in [5.41, 5.74) is 3.02. The summed E-state index contributed by atoms with van der Waals surface area (Å²) in [5.74, 6) is 0.607. The minimum absolute atomic E-state index is 0.105. The van der Waals surface area contributed by atoms with E-state index in [2.05, 4.69) is 25.3 Å². The Morgan fingerprint density at radius 2 is 2.30 bits per heavy atom. The molecule has 0 unspecified atom stereocenters. The molecule has 0 aliphatic rings. The zero-order valence-electron chi connectivity index (χ0n) is 12.5. The predicted molar refractivity (Wildman–Crippen MR) is 87.9 cm³/mol. The van der Waals surface area contributed by atoms with Crippen LogP contribution in [0.15, 0.2) is 28.6 Å². The van der Waals surface area contributed by atoms with Gasteiger partial charge in [-0.2, -0.15) is 9.61 Å². The van der Waals surface area contributed by atoms with Crippen LogP contribution in [0.5, 0.6) is 0 Å². The Labute approximate surface area is 134 Å². The van der Waals surface area contributed by atoms with Crippen LogP contribution in [-0.4, -0.2) is 36.8 Å².